The summed E-state index contributed by atoms with van der Waals surface area (Å²) in [5.41, 5.74) is 6.79. The standard InChI is InChI=1S/C23H21N5O3S/c1-2-6-19(29)27-11-13-28(14-12-27)23-26-20(21(32-23)22(24)30)16-9-10-18(25-15-16)31-17-7-4-3-5-8-17/h3-5,7-10,15H,11-14H2,1H3,(H2,24,30). The highest BCUT2D eigenvalue weighted by molar-refractivity contribution is 7.18. The number of para-hydroxylation sites is 1. The van der Waals surface area contributed by atoms with E-state index in [1.165, 1.54) is 11.3 Å². The number of ether oxygens (including phenoxy) is 1. The summed E-state index contributed by atoms with van der Waals surface area (Å²) >= 11 is 1.25. The van der Waals surface area contributed by atoms with Gasteiger partial charge in [-0.3, -0.25) is 9.59 Å². The van der Waals surface area contributed by atoms with Crippen molar-refractivity contribution < 1.29 is 14.3 Å². The molecule has 4 rings (SSSR count). The van der Waals surface area contributed by atoms with E-state index < -0.39 is 5.91 Å². The lowest BCUT2D eigenvalue weighted by Crippen LogP contribution is -2.48. The first-order chi connectivity index (χ1) is 15.5. The van der Waals surface area contributed by atoms with Gasteiger partial charge in [-0.05, 0) is 31.0 Å². The summed E-state index contributed by atoms with van der Waals surface area (Å²) in [5, 5.41) is 0.687. The second kappa shape index (κ2) is 9.49. The first kappa shape index (κ1) is 21.3. The number of amides is 2. The van der Waals surface area contributed by atoms with E-state index in [2.05, 4.69) is 21.8 Å². The quantitative estimate of drug-likeness (QED) is 0.604. The molecule has 0 atom stereocenters. The largest absolute Gasteiger partial charge is 0.439 e. The first-order valence-electron chi connectivity index (χ1n) is 10.0. The van der Waals surface area contributed by atoms with Gasteiger partial charge in [0.25, 0.3) is 11.8 Å². The van der Waals surface area contributed by atoms with Gasteiger partial charge in [-0.15, -0.1) is 0 Å². The Bertz CT molecular complexity index is 1170. The van der Waals surface area contributed by atoms with Crippen molar-refractivity contribution >= 4 is 28.3 Å². The van der Waals surface area contributed by atoms with Gasteiger partial charge < -0.3 is 20.3 Å². The summed E-state index contributed by atoms with van der Waals surface area (Å²) in [6.45, 7) is 3.93. The Morgan fingerprint density at radius 1 is 1.09 bits per heavy atom. The zero-order valence-corrected chi connectivity index (χ0v) is 18.3. The van der Waals surface area contributed by atoms with E-state index in [1.54, 1.807) is 30.2 Å². The number of carbonyl (C=O) groups is 2. The van der Waals surface area contributed by atoms with Crippen LogP contribution < -0.4 is 15.4 Å². The predicted octanol–water partition coefficient (Wildman–Crippen LogP) is 2.77. The number of benzene rings is 1. The van der Waals surface area contributed by atoms with E-state index in [-0.39, 0.29) is 5.91 Å². The van der Waals surface area contributed by atoms with Crippen molar-refractivity contribution in [3.63, 3.8) is 0 Å². The number of pyridine rings is 1. The summed E-state index contributed by atoms with van der Waals surface area (Å²) in [6.07, 6.45) is 1.61. The molecule has 2 N–H and O–H groups in total. The molecular weight excluding hydrogens is 426 g/mol. The topological polar surface area (TPSA) is 102 Å². The lowest BCUT2D eigenvalue weighted by atomic mass is 10.2. The fourth-order valence-electron chi connectivity index (χ4n) is 3.28. The Balaban J connectivity index is 1.52. The fourth-order valence-corrected chi connectivity index (χ4v) is 4.28. The minimum Gasteiger partial charge on any atom is -0.439 e. The number of carbonyl (C=O) groups excluding carboxylic acids is 2. The van der Waals surface area contributed by atoms with Gasteiger partial charge in [-0.1, -0.05) is 35.5 Å². The molecule has 8 nitrogen and oxygen atoms in total. The normalized spacial score (nSPS) is 13.3. The summed E-state index contributed by atoms with van der Waals surface area (Å²) in [4.78, 5) is 37.2. The SMILES string of the molecule is CC#CC(=O)N1CCN(c2nc(-c3ccc(Oc4ccccc4)nc3)c(C(N)=O)s2)CC1. The molecule has 0 bridgehead atoms. The van der Waals surface area contributed by atoms with E-state index in [4.69, 9.17) is 10.5 Å². The molecule has 2 aromatic heterocycles. The van der Waals surface area contributed by atoms with Gasteiger partial charge in [-0.2, -0.15) is 0 Å². The number of hydrogen-bond donors (Lipinski definition) is 1. The van der Waals surface area contributed by atoms with Gasteiger partial charge in [0.15, 0.2) is 5.13 Å². The van der Waals surface area contributed by atoms with Gasteiger partial charge >= 0.3 is 0 Å². The van der Waals surface area contributed by atoms with Crippen LogP contribution in [0.1, 0.15) is 16.6 Å². The van der Waals surface area contributed by atoms with Gasteiger partial charge in [0.05, 0.1) is 5.69 Å². The number of primary amides is 1. The molecule has 0 unspecified atom stereocenters. The van der Waals surface area contributed by atoms with Crippen molar-refractivity contribution in [2.24, 2.45) is 5.73 Å². The lowest BCUT2D eigenvalue weighted by molar-refractivity contribution is -0.125. The van der Waals surface area contributed by atoms with E-state index in [0.717, 1.165) is 0 Å². The van der Waals surface area contributed by atoms with Gasteiger partial charge in [0, 0.05) is 44.0 Å². The van der Waals surface area contributed by atoms with Crippen LogP contribution in [-0.2, 0) is 4.79 Å². The Morgan fingerprint density at radius 3 is 2.47 bits per heavy atom. The average Bonchev–Trinajstić information content (AvgIpc) is 3.26. The monoisotopic (exact) mass is 447 g/mol. The molecule has 32 heavy (non-hydrogen) atoms. The predicted molar refractivity (Wildman–Crippen MR) is 123 cm³/mol. The smallest absolute Gasteiger partial charge is 0.298 e. The maximum atomic E-state index is 12.1. The molecule has 1 aliphatic rings. The number of hydrogen-bond acceptors (Lipinski definition) is 7. The van der Waals surface area contributed by atoms with Crippen LogP contribution in [0.4, 0.5) is 5.13 Å². The van der Waals surface area contributed by atoms with Gasteiger partial charge in [0.1, 0.15) is 10.6 Å². The third-order valence-electron chi connectivity index (χ3n) is 4.88. The van der Waals surface area contributed by atoms with Crippen LogP contribution >= 0.6 is 11.3 Å². The number of anilines is 1. The molecule has 3 aromatic rings. The van der Waals surface area contributed by atoms with Crippen LogP contribution in [0.15, 0.2) is 48.7 Å². The number of aromatic nitrogens is 2. The second-order valence-corrected chi connectivity index (χ2v) is 7.97. The van der Waals surface area contributed by atoms with Gasteiger partial charge in [-0.25, -0.2) is 9.97 Å². The Kier molecular flexibility index (Phi) is 6.33. The van der Waals surface area contributed by atoms with Crippen LogP contribution in [0.5, 0.6) is 11.6 Å². The van der Waals surface area contributed by atoms with Gasteiger partial charge in [0.2, 0.25) is 5.88 Å². The number of thiazole rings is 1. The zero-order chi connectivity index (χ0) is 22.5. The minimum absolute atomic E-state index is 0.173. The number of nitrogens with zero attached hydrogens (tertiary/aromatic N) is 4. The molecule has 1 aromatic carbocycles. The van der Waals surface area contributed by atoms with Crippen LogP contribution in [0.2, 0.25) is 0 Å². The van der Waals surface area contributed by atoms with Crippen molar-refractivity contribution in [3.8, 4) is 34.7 Å². The zero-order valence-electron chi connectivity index (χ0n) is 17.4. The second-order valence-electron chi connectivity index (χ2n) is 6.99. The van der Waals surface area contributed by atoms with E-state index in [9.17, 15) is 9.59 Å². The van der Waals surface area contributed by atoms with Crippen LogP contribution in [0.25, 0.3) is 11.3 Å². The maximum Gasteiger partial charge on any atom is 0.298 e. The molecule has 0 radical (unpaired) electrons. The summed E-state index contributed by atoms with van der Waals surface area (Å²) in [7, 11) is 0. The Labute approximate surface area is 189 Å². The molecule has 9 heteroatoms. The van der Waals surface area contributed by atoms with Crippen molar-refractivity contribution in [3.05, 3.63) is 53.5 Å². The summed E-state index contributed by atoms with van der Waals surface area (Å²) in [6, 6.07) is 12.9. The van der Waals surface area contributed by atoms with E-state index >= 15 is 0 Å². The van der Waals surface area contributed by atoms with E-state index in [0.29, 0.717) is 59.1 Å². The summed E-state index contributed by atoms with van der Waals surface area (Å²) < 4.78 is 5.72. The highest BCUT2D eigenvalue weighted by Gasteiger charge is 2.25. The van der Waals surface area contributed by atoms with Crippen LogP contribution in [0, 0.1) is 11.8 Å². The Morgan fingerprint density at radius 2 is 1.84 bits per heavy atom. The van der Waals surface area contributed by atoms with Crippen molar-refractivity contribution in [1.29, 1.82) is 0 Å². The Hall–Kier alpha value is -3.90. The first-order valence-corrected chi connectivity index (χ1v) is 10.8. The summed E-state index contributed by atoms with van der Waals surface area (Å²) in [5.74, 6) is 5.61. The number of nitrogens with two attached hydrogens (primary N) is 1. The van der Waals surface area contributed by atoms with Crippen LogP contribution in [-0.4, -0.2) is 52.9 Å². The van der Waals surface area contributed by atoms with Crippen molar-refractivity contribution in [2.45, 2.75) is 6.92 Å². The minimum atomic E-state index is -0.541. The molecule has 3 heterocycles. The van der Waals surface area contributed by atoms with Crippen molar-refractivity contribution in [1.82, 2.24) is 14.9 Å². The van der Waals surface area contributed by atoms with Crippen molar-refractivity contribution in [2.75, 3.05) is 31.1 Å². The number of rotatable bonds is 5. The highest BCUT2D eigenvalue weighted by Crippen LogP contribution is 2.34. The van der Waals surface area contributed by atoms with Crippen LogP contribution in [0.3, 0.4) is 0 Å². The molecule has 1 aliphatic heterocycles. The maximum absolute atomic E-state index is 12.1. The molecule has 162 valence electrons. The molecular formula is C23H21N5O3S. The molecule has 1 fully saturated rings. The molecule has 2 amide bonds. The molecule has 0 saturated carbocycles. The van der Waals surface area contributed by atoms with E-state index in [1.807, 2.05) is 35.2 Å². The lowest BCUT2D eigenvalue weighted by Gasteiger charge is -2.33. The fraction of sp³-hybridized carbons (Fsp3) is 0.217. The third kappa shape index (κ3) is 4.71. The highest BCUT2D eigenvalue weighted by atomic mass is 32.1. The molecule has 0 aliphatic carbocycles. The number of piperazine rings is 1. The third-order valence-corrected chi connectivity index (χ3v) is 6.02. The molecule has 1 saturated heterocycles. The molecule has 0 spiro atoms. The average molecular weight is 448 g/mol.